The van der Waals surface area contributed by atoms with E-state index >= 15 is 0 Å². The summed E-state index contributed by atoms with van der Waals surface area (Å²) in [5.41, 5.74) is 2.56. The number of aryl methyl sites for hydroxylation is 1. The lowest BCUT2D eigenvalue weighted by Crippen LogP contribution is -2.35. The van der Waals surface area contributed by atoms with Gasteiger partial charge in [0, 0.05) is 24.1 Å². The summed E-state index contributed by atoms with van der Waals surface area (Å²) in [6.45, 7) is 8.81. The molecule has 0 unspecified atom stereocenters. The Morgan fingerprint density at radius 2 is 1.70 bits per heavy atom. The molecular formula is C30H28N3OS3+. The number of anilines is 1. The number of nitrogens with zero attached hydrogens (tertiary/aromatic N) is 3. The van der Waals surface area contributed by atoms with Crippen molar-refractivity contribution in [2.45, 2.75) is 38.8 Å². The number of fused-ring (bicyclic) bond motifs is 4. The summed E-state index contributed by atoms with van der Waals surface area (Å²) in [4.78, 5) is 17.0. The van der Waals surface area contributed by atoms with Gasteiger partial charge in [-0.2, -0.15) is 4.57 Å². The van der Waals surface area contributed by atoms with E-state index in [0.717, 1.165) is 27.3 Å². The fourth-order valence-electron chi connectivity index (χ4n) is 4.98. The molecule has 4 nitrogen and oxygen atoms in total. The Balaban J connectivity index is 1.45. The van der Waals surface area contributed by atoms with Gasteiger partial charge in [0.1, 0.15) is 15.9 Å². The lowest BCUT2D eigenvalue weighted by molar-refractivity contribution is -0.665. The maximum Gasteiger partial charge on any atom is 0.269 e. The number of para-hydroxylation sites is 1. The van der Waals surface area contributed by atoms with Crippen molar-refractivity contribution in [1.29, 1.82) is 0 Å². The lowest BCUT2D eigenvalue weighted by atomic mass is 10.1. The molecule has 186 valence electrons. The average Bonchev–Trinajstić information content (AvgIpc) is 3.57. The van der Waals surface area contributed by atoms with Gasteiger partial charge in [-0.1, -0.05) is 65.6 Å². The zero-order chi connectivity index (χ0) is 25.5. The van der Waals surface area contributed by atoms with Gasteiger partial charge >= 0.3 is 0 Å². The molecule has 37 heavy (non-hydrogen) atoms. The summed E-state index contributed by atoms with van der Waals surface area (Å²) in [5.74, 6) is 0. The van der Waals surface area contributed by atoms with Crippen LogP contribution < -0.4 is 24.2 Å². The molecule has 2 aromatic heterocycles. The second-order valence-corrected chi connectivity index (χ2v) is 12.0. The lowest BCUT2D eigenvalue weighted by Gasteiger charge is -2.17. The van der Waals surface area contributed by atoms with E-state index in [1.54, 1.807) is 34.4 Å². The van der Waals surface area contributed by atoms with Crippen molar-refractivity contribution in [3.8, 4) is 0 Å². The highest BCUT2D eigenvalue weighted by Crippen LogP contribution is 2.49. The standard InChI is InChI=1S/C30H28N3OS3/c1-4-31-22-13-9-10-14-24(22)35-27(31)19-28-33(6-3)30(34)25(36-28)17-18-26-32(5-2)23-16-15-20-11-7-8-12-21(20)29(23)37-26/h7-19H,4-6H2,1-3H3/q+1/b25-17+,26-18?. The van der Waals surface area contributed by atoms with E-state index in [1.807, 2.05) is 17.6 Å². The fourth-order valence-corrected chi connectivity index (χ4v) is 8.53. The zero-order valence-electron chi connectivity index (χ0n) is 21.1. The molecule has 0 spiro atoms. The van der Waals surface area contributed by atoms with E-state index in [2.05, 4.69) is 96.1 Å². The SMILES string of the molecule is CCN1C(=C/C=c2/sc(=Cc3sc4ccccc4[n+]3CC)n(CC)c2=O)Sc2c1ccc1ccccc21. The van der Waals surface area contributed by atoms with Gasteiger partial charge < -0.3 is 4.90 Å². The number of rotatable bonds is 5. The van der Waals surface area contributed by atoms with E-state index in [0.29, 0.717) is 6.54 Å². The molecule has 0 fully saturated rings. The molecule has 0 saturated carbocycles. The van der Waals surface area contributed by atoms with Crippen molar-refractivity contribution < 1.29 is 4.57 Å². The van der Waals surface area contributed by atoms with Crippen LogP contribution >= 0.6 is 34.4 Å². The summed E-state index contributed by atoms with van der Waals surface area (Å²) >= 11 is 5.14. The Hall–Kier alpha value is -3.13. The topological polar surface area (TPSA) is 29.1 Å². The molecule has 1 aliphatic heterocycles. The first kappa shape index (κ1) is 24.2. The number of hydrogen-bond donors (Lipinski definition) is 0. The van der Waals surface area contributed by atoms with E-state index < -0.39 is 0 Å². The molecule has 0 saturated heterocycles. The molecule has 6 rings (SSSR count). The van der Waals surface area contributed by atoms with Crippen LogP contribution in [0.15, 0.2) is 81.5 Å². The van der Waals surface area contributed by atoms with Gasteiger partial charge in [-0.25, -0.2) is 0 Å². The van der Waals surface area contributed by atoms with Crippen LogP contribution in [0.25, 0.3) is 33.1 Å². The minimum absolute atomic E-state index is 0.0776. The highest BCUT2D eigenvalue weighted by molar-refractivity contribution is 8.04. The summed E-state index contributed by atoms with van der Waals surface area (Å²) in [6, 6.07) is 21.4. The zero-order valence-corrected chi connectivity index (χ0v) is 23.6. The summed E-state index contributed by atoms with van der Waals surface area (Å²) < 4.78 is 7.24. The van der Waals surface area contributed by atoms with Gasteiger partial charge in [-0.15, -0.1) is 11.3 Å². The van der Waals surface area contributed by atoms with Crippen molar-refractivity contribution in [2.24, 2.45) is 0 Å². The molecule has 5 aromatic rings. The molecule has 3 aromatic carbocycles. The van der Waals surface area contributed by atoms with E-state index in [4.69, 9.17) is 0 Å². The number of allylic oxidation sites excluding steroid dienone is 1. The van der Waals surface area contributed by atoms with Crippen molar-refractivity contribution >= 4 is 73.3 Å². The maximum absolute atomic E-state index is 13.4. The van der Waals surface area contributed by atoms with Crippen molar-refractivity contribution in [2.75, 3.05) is 11.4 Å². The van der Waals surface area contributed by atoms with Crippen molar-refractivity contribution in [3.63, 3.8) is 0 Å². The third-order valence-corrected chi connectivity index (χ3v) is 10.2. The van der Waals surface area contributed by atoms with Crippen LogP contribution in [0.3, 0.4) is 0 Å². The van der Waals surface area contributed by atoms with Crippen LogP contribution in [0, 0.1) is 0 Å². The third-order valence-electron chi connectivity index (χ3n) is 6.77. The minimum Gasteiger partial charge on any atom is -0.335 e. The summed E-state index contributed by atoms with van der Waals surface area (Å²) in [5, 5.41) is 4.86. The Bertz CT molecular complexity index is 1860. The highest BCUT2D eigenvalue weighted by atomic mass is 32.2. The smallest absolute Gasteiger partial charge is 0.269 e. The van der Waals surface area contributed by atoms with Gasteiger partial charge in [0.2, 0.25) is 5.52 Å². The summed E-state index contributed by atoms with van der Waals surface area (Å²) in [6.07, 6.45) is 6.30. The van der Waals surface area contributed by atoms with Crippen LogP contribution in [-0.4, -0.2) is 11.1 Å². The van der Waals surface area contributed by atoms with E-state index in [-0.39, 0.29) is 5.56 Å². The molecule has 0 radical (unpaired) electrons. The van der Waals surface area contributed by atoms with E-state index in [9.17, 15) is 4.79 Å². The van der Waals surface area contributed by atoms with Crippen LogP contribution in [-0.2, 0) is 13.1 Å². The highest BCUT2D eigenvalue weighted by Gasteiger charge is 2.25. The van der Waals surface area contributed by atoms with Gasteiger partial charge in [0.25, 0.3) is 10.6 Å². The molecule has 1 aliphatic rings. The van der Waals surface area contributed by atoms with Crippen LogP contribution in [0.5, 0.6) is 0 Å². The molecule has 0 atom stereocenters. The Kier molecular flexibility index (Phi) is 6.53. The van der Waals surface area contributed by atoms with Crippen LogP contribution in [0.1, 0.15) is 25.8 Å². The number of aromatic nitrogens is 2. The van der Waals surface area contributed by atoms with Gasteiger partial charge in [-0.3, -0.25) is 9.36 Å². The first-order valence-electron chi connectivity index (χ1n) is 12.6. The molecule has 3 heterocycles. The predicted octanol–water partition coefficient (Wildman–Crippen LogP) is 5.69. The Morgan fingerprint density at radius 1 is 0.892 bits per heavy atom. The number of hydrogen-bond acceptors (Lipinski definition) is 5. The normalized spacial score (nSPS) is 15.5. The average molecular weight is 543 g/mol. The number of benzene rings is 3. The predicted molar refractivity (Wildman–Crippen MR) is 160 cm³/mol. The monoisotopic (exact) mass is 542 g/mol. The van der Waals surface area contributed by atoms with Crippen LogP contribution in [0.2, 0.25) is 0 Å². The van der Waals surface area contributed by atoms with E-state index in [1.165, 1.54) is 36.6 Å². The van der Waals surface area contributed by atoms with Crippen LogP contribution in [0.4, 0.5) is 5.69 Å². The molecule has 7 heteroatoms. The second-order valence-electron chi connectivity index (χ2n) is 8.80. The molecule has 0 N–H and O–H groups in total. The van der Waals surface area contributed by atoms with Crippen molar-refractivity contribution in [1.82, 2.24) is 4.57 Å². The van der Waals surface area contributed by atoms with Gasteiger partial charge in [-0.05, 0) is 55.8 Å². The largest absolute Gasteiger partial charge is 0.335 e. The Morgan fingerprint density at radius 3 is 2.51 bits per heavy atom. The number of thiazole rings is 2. The maximum atomic E-state index is 13.4. The quantitative estimate of drug-likeness (QED) is 0.267. The van der Waals surface area contributed by atoms with Gasteiger partial charge in [0.15, 0.2) is 0 Å². The summed E-state index contributed by atoms with van der Waals surface area (Å²) in [7, 11) is 0. The molecule has 0 aliphatic carbocycles. The Labute approximate surface area is 228 Å². The number of thioether (sulfide) groups is 1. The first-order chi connectivity index (χ1) is 18.1. The third kappa shape index (κ3) is 4.15. The molecule has 0 bridgehead atoms. The molecule has 0 amide bonds. The van der Waals surface area contributed by atoms with Gasteiger partial charge in [0.05, 0.1) is 21.3 Å². The minimum atomic E-state index is 0.0776. The molecular weight excluding hydrogens is 515 g/mol. The second kappa shape index (κ2) is 9.97. The van der Waals surface area contributed by atoms with Crippen molar-refractivity contribution in [3.05, 3.63) is 96.3 Å². The fraction of sp³-hybridized carbons (Fsp3) is 0.200. The first-order valence-corrected chi connectivity index (χ1v) is 15.1.